The Morgan fingerprint density at radius 3 is 2.54 bits per heavy atom. The number of hydrogen-bond acceptors (Lipinski definition) is 4. The van der Waals surface area contributed by atoms with Crippen molar-refractivity contribution in [2.45, 2.75) is 6.61 Å². The van der Waals surface area contributed by atoms with Crippen LogP contribution in [0.5, 0.6) is 0 Å². The molecule has 5 heteroatoms. The lowest BCUT2D eigenvalue weighted by Gasteiger charge is -2.10. The van der Waals surface area contributed by atoms with Crippen LogP contribution >= 0.6 is 0 Å². The lowest BCUT2D eigenvalue weighted by Crippen LogP contribution is -2.27. The van der Waals surface area contributed by atoms with Crippen LogP contribution in [0.1, 0.15) is 5.56 Å². The third-order valence-corrected chi connectivity index (χ3v) is 3.54. The van der Waals surface area contributed by atoms with E-state index >= 15 is 0 Å². The van der Waals surface area contributed by atoms with Crippen LogP contribution in [-0.4, -0.2) is 43.5 Å². The smallest absolute Gasteiger partial charge is 0.238 e. The van der Waals surface area contributed by atoms with Crippen LogP contribution in [0.4, 0.5) is 5.69 Å². The molecular formula is C21H25N3O2. The Morgan fingerprint density at radius 2 is 1.85 bits per heavy atom. The molecule has 3 rings (SSSR count). The summed E-state index contributed by atoms with van der Waals surface area (Å²) in [5.41, 5.74) is 2.04. The van der Waals surface area contributed by atoms with Gasteiger partial charge in [-0.25, -0.2) is 0 Å². The minimum atomic E-state index is -0.0107. The first-order valence-electron chi connectivity index (χ1n) is 8.39. The van der Waals surface area contributed by atoms with Gasteiger partial charge in [0.2, 0.25) is 5.91 Å². The highest BCUT2D eigenvalue weighted by Gasteiger charge is 2.04. The van der Waals surface area contributed by atoms with E-state index in [0.717, 1.165) is 16.5 Å². The number of fused-ring (bicyclic) bond motifs is 1. The van der Waals surface area contributed by atoms with Crippen LogP contribution in [-0.2, 0) is 16.1 Å². The first-order chi connectivity index (χ1) is 12.6. The Balaban J connectivity index is 0.000000228. The molecule has 0 aliphatic heterocycles. The maximum absolute atomic E-state index is 11.6. The molecule has 1 amide bonds. The molecule has 0 saturated carbocycles. The number of rotatable bonds is 5. The van der Waals surface area contributed by atoms with Crippen molar-refractivity contribution in [2.75, 3.05) is 33.1 Å². The predicted molar refractivity (Wildman–Crippen MR) is 106 cm³/mol. The predicted octanol–water partition coefficient (Wildman–Crippen LogP) is 3.57. The second-order valence-corrected chi connectivity index (χ2v) is 6.14. The highest BCUT2D eigenvalue weighted by Crippen LogP contribution is 2.17. The van der Waals surface area contributed by atoms with Crippen LogP contribution in [0.3, 0.4) is 0 Å². The number of methoxy groups -OCH3 is 1. The summed E-state index contributed by atoms with van der Waals surface area (Å²) in [7, 11) is 5.43. The summed E-state index contributed by atoms with van der Waals surface area (Å²) in [6.45, 7) is 1.09. The number of pyridine rings is 1. The molecule has 26 heavy (non-hydrogen) atoms. The Kier molecular flexibility index (Phi) is 7.74. The van der Waals surface area contributed by atoms with Gasteiger partial charge in [0.25, 0.3) is 0 Å². The molecule has 2 aromatic carbocycles. The molecule has 0 spiro atoms. The topological polar surface area (TPSA) is 54.5 Å². The van der Waals surface area contributed by atoms with Crippen molar-refractivity contribution in [3.05, 3.63) is 72.6 Å². The summed E-state index contributed by atoms with van der Waals surface area (Å²) < 4.78 is 4.93. The maximum atomic E-state index is 11.6. The molecular weight excluding hydrogens is 326 g/mol. The third-order valence-electron chi connectivity index (χ3n) is 3.54. The van der Waals surface area contributed by atoms with E-state index in [-0.39, 0.29) is 5.91 Å². The normalized spacial score (nSPS) is 10.3. The largest absolute Gasteiger partial charge is 0.380 e. The molecule has 1 heterocycles. The Hall–Kier alpha value is -2.76. The average Bonchev–Trinajstić information content (AvgIpc) is 2.63. The van der Waals surface area contributed by atoms with E-state index in [9.17, 15) is 4.79 Å². The minimum absolute atomic E-state index is 0.0107. The van der Waals surface area contributed by atoms with Crippen molar-refractivity contribution in [1.82, 2.24) is 9.88 Å². The molecule has 0 aliphatic rings. The molecule has 0 atom stereocenters. The van der Waals surface area contributed by atoms with E-state index < -0.39 is 0 Å². The fourth-order valence-electron chi connectivity index (χ4n) is 2.39. The summed E-state index contributed by atoms with van der Waals surface area (Å²) in [6, 6.07) is 17.8. The van der Waals surface area contributed by atoms with Crippen molar-refractivity contribution in [1.29, 1.82) is 0 Å². The number of carbonyl (C=O) groups excluding carboxylic acids is 1. The van der Waals surface area contributed by atoms with Gasteiger partial charge in [-0.2, -0.15) is 0 Å². The summed E-state index contributed by atoms with van der Waals surface area (Å²) in [5, 5.41) is 5.00. The van der Waals surface area contributed by atoms with Gasteiger partial charge in [0, 0.05) is 30.6 Å². The van der Waals surface area contributed by atoms with E-state index in [1.807, 2.05) is 73.6 Å². The second-order valence-electron chi connectivity index (χ2n) is 6.14. The van der Waals surface area contributed by atoms with Crippen LogP contribution < -0.4 is 5.32 Å². The van der Waals surface area contributed by atoms with Crippen LogP contribution in [0.25, 0.3) is 10.8 Å². The van der Waals surface area contributed by atoms with E-state index in [4.69, 9.17) is 4.74 Å². The van der Waals surface area contributed by atoms with Gasteiger partial charge >= 0.3 is 0 Å². The van der Waals surface area contributed by atoms with Crippen LogP contribution in [0.15, 0.2) is 67.0 Å². The molecule has 3 aromatic rings. The van der Waals surface area contributed by atoms with Gasteiger partial charge < -0.3 is 15.0 Å². The van der Waals surface area contributed by atoms with Gasteiger partial charge in [0.1, 0.15) is 0 Å². The fourth-order valence-corrected chi connectivity index (χ4v) is 2.39. The SMILES string of the molecule is CN(C)CC(=O)Nc1ccc2cnccc2c1.COCc1ccccc1. The number of nitrogens with one attached hydrogen (secondary N) is 1. The van der Waals surface area contributed by atoms with Gasteiger partial charge in [0.05, 0.1) is 13.2 Å². The Morgan fingerprint density at radius 1 is 1.08 bits per heavy atom. The minimum Gasteiger partial charge on any atom is -0.380 e. The number of likely N-dealkylation sites (N-methyl/N-ethyl adjacent to an activating group) is 1. The first kappa shape index (κ1) is 19.6. The molecule has 0 aliphatic carbocycles. The number of hydrogen-bond donors (Lipinski definition) is 1. The Labute approximate surface area is 154 Å². The number of amides is 1. The number of benzene rings is 2. The van der Waals surface area contributed by atoms with Gasteiger partial charge in [-0.1, -0.05) is 36.4 Å². The quantitative estimate of drug-likeness (QED) is 0.763. The number of carbonyl (C=O) groups is 1. The molecule has 5 nitrogen and oxygen atoms in total. The zero-order valence-corrected chi connectivity index (χ0v) is 15.5. The zero-order chi connectivity index (χ0) is 18.8. The van der Waals surface area contributed by atoms with Gasteiger partial charge in [-0.05, 0) is 43.2 Å². The first-order valence-corrected chi connectivity index (χ1v) is 8.39. The monoisotopic (exact) mass is 351 g/mol. The van der Waals surface area contributed by atoms with E-state index in [2.05, 4.69) is 10.3 Å². The maximum Gasteiger partial charge on any atom is 0.238 e. The molecule has 0 radical (unpaired) electrons. The molecule has 136 valence electrons. The van der Waals surface area contributed by atoms with Crippen LogP contribution in [0.2, 0.25) is 0 Å². The zero-order valence-electron chi connectivity index (χ0n) is 15.5. The Bertz CT molecular complexity index is 820. The number of anilines is 1. The summed E-state index contributed by atoms with van der Waals surface area (Å²) in [4.78, 5) is 17.5. The van der Waals surface area contributed by atoms with E-state index in [0.29, 0.717) is 13.2 Å². The lowest BCUT2D eigenvalue weighted by molar-refractivity contribution is -0.116. The molecule has 0 fully saturated rings. The molecule has 0 saturated heterocycles. The third kappa shape index (κ3) is 6.63. The lowest BCUT2D eigenvalue weighted by atomic mass is 10.1. The number of aromatic nitrogens is 1. The van der Waals surface area contributed by atoms with Crippen molar-refractivity contribution >= 4 is 22.4 Å². The molecule has 0 bridgehead atoms. The van der Waals surface area contributed by atoms with Gasteiger partial charge in [0.15, 0.2) is 0 Å². The standard InChI is InChI=1S/C13H15N3O.C8H10O/c1-16(2)9-13(17)15-12-4-3-11-8-14-6-5-10(11)7-12;1-9-7-8-5-3-2-4-6-8/h3-8H,9H2,1-2H3,(H,15,17);2-6H,7H2,1H3. The second kappa shape index (κ2) is 10.3. The number of nitrogens with zero attached hydrogens (tertiary/aromatic N) is 2. The molecule has 1 N–H and O–H groups in total. The summed E-state index contributed by atoms with van der Waals surface area (Å²) in [5.74, 6) is -0.0107. The average molecular weight is 351 g/mol. The van der Waals surface area contributed by atoms with Crippen LogP contribution in [0, 0.1) is 0 Å². The van der Waals surface area contributed by atoms with Crippen molar-refractivity contribution in [3.63, 3.8) is 0 Å². The highest BCUT2D eigenvalue weighted by atomic mass is 16.5. The van der Waals surface area contributed by atoms with Gasteiger partial charge in [-0.3, -0.25) is 9.78 Å². The fraction of sp³-hybridized carbons (Fsp3) is 0.238. The van der Waals surface area contributed by atoms with Gasteiger partial charge in [-0.15, -0.1) is 0 Å². The highest BCUT2D eigenvalue weighted by molar-refractivity contribution is 5.95. The molecule has 1 aromatic heterocycles. The van der Waals surface area contributed by atoms with Crippen molar-refractivity contribution < 1.29 is 9.53 Å². The van der Waals surface area contributed by atoms with E-state index in [1.165, 1.54) is 5.56 Å². The van der Waals surface area contributed by atoms with Crippen molar-refractivity contribution in [2.24, 2.45) is 0 Å². The van der Waals surface area contributed by atoms with Crippen molar-refractivity contribution in [3.8, 4) is 0 Å². The number of ether oxygens (including phenoxy) is 1. The van der Waals surface area contributed by atoms with E-state index in [1.54, 1.807) is 19.5 Å². The summed E-state index contributed by atoms with van der Waals surface area (Å²) >= 11 is 0. The summed E-state index contributed by atoms with van der Waals surface area (Å²) in [6.07, 6.45) is 3.55. The molecule has 0 unspecified atom stereocenters.